The first kappa shape index (κ1) is 26.7. The Balaban J connectivity index is 1.48. The van der Waals surface area contributed by atoms with Crippen molar-refractivity contribution in [1.82, 2.24) is 15.6 Å². The van der Waals surface area contributed by atoms with Crippen molar-refractivity contribution >= 4 is 16.6 Å². The number of allylic oxidation sites excluding steroid dienone is 1. The molecule has 5 rings (SSSR count). The van der Waals surface area contributed by atoms with E-state index < -0.39 is 48.2 Å². The van der Waals surface area contributed by atoms with Crippen molar-refractivity contribution in [3.8, 4) is 0 Å². The molecule has 3 atom stereocenters. The minimum Gasteiger partial charge on any atom is -0.491 e. The van der Waals surface area contributed by atoms with Gasteiger partial charge in [-0.15, -0.1) is 0 Å². The van der Waals surface area contributed by atoms with Gasteiger partial charge in [0, 0.05) is 22.9 Å². The van der Waals surface area contributed by atoms with E-state index >= 15 is 4.39 Å². The third-order valence-corrected chi connectivity index (χ3v) is 7.02. The van der Waals surface area contributed by atoms with E-state index in [0.29, 0.717) is 16.6 Å². The number of aliphatic hydroxyl groups is 1. The van der Waals surface area contributed by atoms with Crippen LogP contribution in [0.3, 0.4) is 0 Å². The first-order valence-corrected chi connectivity index (χ1v) is 12.2. The molecule has 3 N–H and O–H groups in total. The summed E-state index contributed by atoms with van der Waals surface area (Å²) >= 11 is 0. The predicted molar refractivity (Wildman–Crippen MR) is 137 cm³/mol. The second-order valence-corrected chi connectivity index (χ2v) is 10.1. The number of halogens is 5. The zero-order chi connectivity index (χ0) is 28.2. The number of nitrogens with one attached hydrogen (secondary N) is 2. The van der Waals surface area contributed by atoms with Gasteiger partial charge in [-0.1, -0.05) is 24.8 Å². The van der Waals surface area contributed by atoms with Crippen molar-refractivity contribution in [2.24, 2.45) is 0 Å². The summed E-state index contributed by atoms with van der Waals surface area (Å²) < 4.78 is 77.9. The van der Waals surface area contributed by atoms with Crippen molar-refractivity contribution in [3.63, 3.8) is 0 Å². The molecule has 10 heteroatoms. The first-order valence-electron chi connectivity index (χ1n) is 12.2. The summed E-state index contributed by atoms with van der Waals surface area (Å²) in [5.74, 6) is -0.464. The third kappa shape index (κ3) is 4.85. The van der Waals surface area contributed by atoms with E-state index in [1.165, 1.54) is 19.1 Å². The molecule has 204 valence electrons. The van der Waals surface area contributed by atoms with Gasteiger partial charge in [-0.2, -0.15) is 13.2 Å². The van der Waals surface area contributed by atoms with Crippen LogP contribution in [0.15, 0.2) is 84.4 Å². The fourth-order valence-electron chi connectivity index (χ4n) is 4.74. The molecule has 0 fully saturated rings. The van der Waals surface area contributed by atoms with Crippen LogP contribution in [0, 0.1) is 12.7 Å². The van der Waals surface area contributed by atoms with E-state index in [1.807, 2.05) is 13.0 Å². The second kappa shape index (κ2) is 9.37. The van der Waals surface area contributed by atoms with Crippen LogP contribution in [-0.4, -0.2) is 40.7 Å². The molecule has 0 spiro atoms. The Hall–Kier alpha value is -3.92. The zero-order valence-corrected chi connectivity index (χ0v) is 21.2. The summed E-state index contributed by atoms with van der Waals surface area (Å²) in [6, 6.07) is 10.9. The first-order chi connectivity index (χ1) is 18.3. The molecule has 1 unspecified atom stereocenters. The van der Waals surface area contributed by atoms with Gasteiger partial charge in [0.2, 0.25) is 5.60 Å². The lowest BCUT2D eigenvalue weighted by atomic mass is 9.86. The molecular formula is C29H26F5N3O2. The number of dihydropyridines is 1. The van der Waals surface area contributed by atoms with Gasteiger partial charge in [0.05, 0.1) is 17.8 Å². The van der Waals surface area contributed by atoms with E-state index in [0.717, 1.165) is 29.2 Å². The molecule has 0 bridgehead atoms. The fourth-order valence-corrected chi connectivity index (χ4v) is 4.74. The van der Waals surface area contributed by atoms with Crippen LogP contribution in [-0.2, 0) is 4.74 Å². The van der Waals surface area contributed by atoms with Gasteiger partial charge in [0.15, 0.2) is 5.67 Å². The van der Waals surface area contributed by atoms with Gasteiger partial charge in [0.1, 0.15) is 24.2 Å². The molecule has 0 aliphatic carbocycles. The van der Waals surface area contributed by atoms with Gasteiger partial charge < -0.3 is 20.5 Å². The van der Waals surface area contributed by atoms with Gasteiger partial charge in [-0.25, -0.2) is 8.78 Å². The maximum Gasteiger partial charge on any atom is 0.424 e. The quantitative estimate of drug-likeness (QED) is 0.344. The van der Waals surface area contributed by atoms with Crippen LogP contribution < -0.4 is 10.6 Å². The molecule has 0 saturated carbocycles. The Bertz CT molecular complexity index is 1510. The van der Waals surface area contributed by atoms with Crippen molar-refractivity contribution < 1.29 is 31.8 Å². The molecule has 5 nitrogen and oxygen atoms in total. The second-order valence-electron chi connectivity index (χ2n) is 10.1. The summed E-state index contributed by atoms with van der Waals surface area (Å²) in [6.45, 7) is 5.51. The Morgan fingerprint density at radius 2 is 1.92 bits per heavy atom. The molecule has 2 aromatic carbocycles. The largest absolute Gasteiger partial charge is 0.491 e. The average Bonchev–Trinajstić information content (AvgIpc) is 3.20. The highest BCUT2D eigenvalue weighted by Crippen LogP contribution is 2.46. The van der Waals surface area contributed by atoms with E-state index in [1.54, 1.807) is 24.4 Å². The number of fused-ring (bicyclic) bond motifs is 1. The molecule has 2 aliphatic heterocycles. The minimum absolute atomic E-state index is 0.0809. The number of rotatable bonds is 6. The predicted octanol–water partition coefficient (Wildman–Crippen LogP) is 5.78. The number of aryl methyl sites for hydroxylation is 1. The van der Waals surface area contributed by atoms with Gasteiger partial charge in [0.25, 0.3) is 0 Å². The van der Waals surface area contributed by atoms with Crippen LogP contribution in [0.2, 0.25) is 0 Å². The molecule has 0 amide bonds. The summed E-state index contributed by atoms with van der Waals surface area (Å²) in [5.41, 5.74) is -3.71. The highest BCUT2D eigenvalue weighted by Gasteiger charge is 2.58. The third-order valence-electron chi connectivity index (χ3n) is 7.02. The number of hydrogen-bond donors (Lipinski definition) is 3. The molecule has 39 heavy (non-hydrogen) atoms. The maximum atomic E-state index is 15.3. The lowest BCUT2D eigenvalue weighted by molar-refractivity contribution is -0.243. The highest BCUT2D eigenvalue weighted by atomic mass is 19.4. The monoisotopic (exact) mass is 543 g/mol. The standard InChI is InChI=1S/C29H26F5N3O2/c1-16-10-20-11-19(6-9-23(20)35-13-16)17(2)36-14-28(38,29(32,33)34)24-12-22-26(39-15-27(22,3)31)25(37-24)18-4-7-21(30)8-5-18/h4-13,25,36-38H,2,14-15H2,1,3H3/t25?,27-,28+/m1/s1. The Morgan fingerprint density at radius 3 is 2.62 bits per heavy atom. The Labute approximate surface area is 221 Å². The lowest BCUT2D eigenvalue weighted by Gasteiger charge is -2.38. The summed E-state index contributed by atoms with van der Waals surface area (Å²) in [5, 5.41) is 17.2. The SMILES string of the molecule is C=C(NC[C@](O)(C1=CC2=C(OC[C@@]2(C)F)C(c2ccc(F)cc2)N1)C(F)(F)F)c1ccc2ncc(C)cc2c1. The van der Waals surface area contributed by atoms with Gasteiger partial charge in [-0.3, -0.25) is 4.98 Å². The summed E-state index contributed by atoms with van der Waals surface area (Å²) in [4.78, 5) is 4.31. The minimum atomic E-state index is -5.17. The Morgan fingerprint density at radius 1 is 1.21 bits per heavy atom. The topological polar surface area (TPSA) is 66.4 Å². The smallest absolute Gasteiger partial charge is 0.424 e. The Kier molecular flexibility index (Phi) is 6.41. The van der Waals surface area contributed by atoms with E-state index in [2.05, 4.69) is 22.2 Å². The number of nitrogens with zero attached hydrogens (tertiary/aromatic N) is 1. The van der Waals surface area contributed by atoms with Crippen molar-refractivity contribution in [2.75, 3.05) is 13.2 Å². The maximum absolute atomic E-state index is 15.3. The molecule has 0 radical (unpaired) electrons. The normalized spacial score (nSPS) is 22.5. The number of pyridine rings is 1. The molecule has 2 aliphatic rings. The number of aromatic nitrogens is 1. The van der Waals surface area contributed by atoms with E-state index in [-0.39, 0.29) is 17.0 Å². The summed E-state index contributed by atoms with van der Waals surface area (Å²) in [6.07, 6.45) is -2.51. The fraction of sp³-hybridized carbons (Fsp3) is 0.276. The van der Waals surface area contributed by atoms with Crippen molar-refractivity contribution in [3.05, 3.63) is 107 Å². The van der Waals surface area contributed by atoms with Crippen LogP contribution in [0.5, 0.6) is 0 Å². The van der Waals surface area contributed by atoms with Gasteiger partial charge in [-0.05, 0) is 66.9 Å². The number of hydrogen-bond acceptors (Lipinski definition) is 5. The summed E-state index contributed by atoms with van der Waals surface area (Å²) in [7, 11) is 0. The number of benzene rings is 2. The van der Waals surface area contributed by atoms with Crippen molar-refractivity contribution in [1.29, 1.82) is 0 Å². The van der Waals surface area contributed by atoms with Crippen LogP contribution in [0.25, 0.3) is 16.6 Å². The molecule has 0 saturated heterocycles. The van der Waals surface area contributed by atoms with E-state index in [9.17, 15) is 22.7 Å². The van der Waals surface area contributed by atoms with E-state index in [4.69, 9.17) is 4.74 Å². The number of alkyl halides is 4. The molecule has 1 aromatic heterocycles. The van der Waals surface area contributed by atoms with Crippen LogP contribution in [0.4, 0.5) is 22.0 Å². The average molecular weight is 544 g/mol. The van der Waals surface area contributed by atoms with Crippen LogP contribution >= 0.6 is 0 Å². The molecule has 3 aromatic rings. The highest BCUT2D eigenvalue weighted by molar-refractivity contribution is 5.83. The lowest BCUT2D eigenvalue weighted by Crippen LogP contribution is -2.57. The van der Waals surface area contributed by atoms with Gasteiger partial charge >= 0.3 is 6.18 Å². The number of ether oxygens (including phenoxy) is 1. The van der Waals surface area contributed by atoms with Crippen LogP contribution in [0.1, 0.15) is 29.7 Å². The van der Waals surface area contributed by atoms with Crippen molar-refractivity contribution in [2.45, 2.75) is 37.3 Å². The zero-order valence-electron chi connectivity index (χ0n) is 21.2. The molecule has 3 heterocycles. The molecular weight excluding hydrogens is 517 g/mol.